The van der Waals surface area contributed by atoms with Crippen molar-refractivity contribution in [3.8, 4) is 28.0 Å². The first-order valence-electron chi connectivity index (χ1n) is 22.3. The van der Waals surface area contributed by atoms with E-state index in [1.165, 1.54) is 110 Å². The zero-order chi connectivity index (χ0) is 41.5. The Kier molecular flexibility index (Phi) is 7.38. The fourth-order valence-electron chi connectivity index (χ4n) is 12.1. The number of ether oxygens (including phenoxy) is 1. The smallest absolute Gasteiger partial charge is 0.135 e. The predicted molar refractivity (Wildman–Crippen MR) is 257 cm³/mol. The summed E-state index contributed by atoms with van der Waals surface area (Å²) >= 11 is 0. The fourth-order valence-corrected chi connectivity index (χ4v) is 12.1. The molecule has 9 aromatic rings. The van der Waals surface area contributed by atoms with Gasteiger partial charge in [-0.05, 0) is 117 Å². The van der Waals surface area contributed by atoms with Crippen LogP contribution in [0.1, 0.15) is 89.6 Å². The Morgan fingerprint density at radius 2 is 1.05 bits per heavy atom. The van der Waals surface area contributed by atoms with E-state index in [1.54, 1.807) is 0 Å². The molecule has 1 aliphatic heterocycles. The molecular formula is C61H46O. The van der Waals surface area contributed by atoms with Gasteiger partial charge in [-0.15, -0.1) is 0 Å². The summed E-state index contributed by atoms with van der Waals surface area (Å²) in [5.41, 5.74) is 18.4. The largest absolute Gasteiger partial charge is 0.484 e. The maximum atomic E-state index is 7.37. The first kappa shape index (κ1) is 35.8. The third-order valence-electron chi connectivity index (χ3n) is 15.2. The molecule has 1 heteroatoms. The highest BCUT2D eigenvalue weighted by atomic mass is 16.5. The highest BCUT2D eigenvalue weighted by molar-refractivity contribution is 6.09. The molecule has 0 aromatic heterocycles. The quantitative estimate of drug-likeness (QED) is 0.127. The van der Waals surface area contributed by atoms with Crippen LogP contribution in [0.4, 0.5) is 0 Å². The number of fused-ring (bicyclic) bond motifs is 13. The van der Waals surface area contributed by atoms with Gasteiger partial charge in [0.1, 0.15) is 11.9 Å². The van der Waals surface area contributed by atoms with Crippen LogP contribution in [0, 0.1) is 0 Å². The topological polar surface area (TPSA) is 9.23 Å². The van der Waals surface area contributed by atoms with Crippen LogP contribution < -0.4 is 15.2 Å². The van der Waals surface area contributed by atoms with Gasteiger partial charge >= 0.3 is 0 Å². The van der Waals surface area contributed by atoms with E-state index in [9.17, 15) is 0 Å². The van der Waals surface area contributed by atoms with Crippen molar-refractivity contribution in [2.75, 3.05) is 0 Å². The summed E-state index contributed by atoms with van der Waals surface area (Å²) in [5, 5.41) is 7.66. The summed E-state index contributed by atoms with van der Waals surface area (Å²) in [7, 11) is 0. The van der Waals surface area contributed by atoms with E-state index in [1.807, 2.05) is 0 Å². The molecule has 0 spiro atoms. The van der Waals surface area contributed by atoms with Crippen molar-refractivity contribution in [2.45, 2.75) is 56.5 Å². The van der Waals surface area contributed by atoms with Gasteiger partial charge < -0.3 is 4.74 Å². The van der Waals surface area contributed by atoms with E-state index >= 15 is 0 Å². The lowest BCUT2D eigenvalue weighted by Crippen LogP contribution is -2.39. The van der Waals surface area contributed by atoms with Gasteiger partial charge in [-0.1, -0.05) is 198 Å². The Hall–Kier alpha value is -6.96. The molecule has 13 rings (SSSR count). The van der Waals surface area contributed by atoms with Crippen molar-refractivity contribution in [1.82, 2.24) is 0 Å². The molecule has 9 aromatic carbocycles. The Morgan fingerprint density at radius 1 is 0.468 bits per heavy atom. The maximum absolute atomic E-state index is 7.37. The van der Waals surface area contributed by atoms with Gasteiger partial charge in [0.15, 0.2) is 0 Å². The van der Waals surface area contributed by atoms with Crippen LogP contribution >= 0.6 is 0 Å². The highest BCUT2D eigenvalue weighted by Crippen LogP contribution is 2.53. The lowest BCUT2D eigenvalue weighted by Gasteiger charge is -2.26. The third-order valence-corrected chi connectivity index (χ3v) is 15.2. The first-order chi connectivity index (χ1) is 30.3. The predicted octanol–water partition coefficient (Wildman–Crippen LogP) is 13.3. The molecule has 3 aliphatic carbocycles. The molecule has 0 amide bonds. The minimum Gasteiger partial charge on any atom is -0.484 e. The molecular weight excluding hydrogens is 749 g/mol. The second kappa shape index (κ2) is 12.8. The van der Waals surface area contributed by atoms with Gasteiger partial charge in [0, 0.05) is 33.8 Å². The number of hydrogen-bond acceptors (Lipinski definition) is 1. The van der Waals surface area contributed by atoms with Gasteiger partial charge in [-0.2, -0.15) is 0 Å². The van der Waals surface area contributed by atoms with Crippen molar-refractivity contribution in [2.24, 2.45) is 0 Å². The van der Waals surface area contributed by atoms with E-state index in [0.717, 1.165) is 5.75 Å². The minimum absolute atomic E-state index is 0.0314. The highest BCUT2D eigenvalue weighted by Gasteiger charge is 2.41. The molecule has 0 saturated carbocycles. The van der Waals surface area contributed by atoms with Crippen molar-refractivity contribution >= 4 is 33.2 Å². The van der Waals surface area contributed by atoms with Gasteiger partial charge in [-0.25, -0.2) is 0 Å². The zero-order valence-electron chi connectivity index (χ0n) is 35.5. The fraction of sp³-hybridized carbons (Fsp3) is 0.148. The van der Waals surface area contributed by atoms with Crippen LogP contribution in [0.25, 0.3) is 55.4 Å². The Labute approximate surface area is 363 Å². The molecule has 0 bridgehead atoms. The van der Waals surface area contributed by atoms with E-state index in [2.05, 4.69) is 216 Å². The van der Waals surface area contributed by atoms with Gasteiger partial charge in [-0.3, -0.25) is 0 Å². The van der Waals surface area contributed by atoms with Crippen LogP contribution in [0.2, 0.25) is 0 Å². The molecule has 1 heterocycles. The second-order valence-electron chi connectivity index (χ2n) is 19.1. The van der Waals surface area contributed by atoms with E-state index in [4.69, 9.17) is 4.74 Å². The molecule has 62 heavy (non-hydrogen) atoms. The van der Waals surface area contributed by atoms with Crippen molar-refractivity contribution < 1.29 is 4.74 Å². The molecule has 3 unspecified atom stereocenters. The first-order valence-corrected chi connectivity index (χ1v) is 22.3. The average molecular weight is 795 g/mol. The number of hydrogen-bond donors (Lipinski definition) is 0. The SMILES string of the molecule is CC1(C)c2ccccc2-c2ccc(C3=c4ccccc4=CC4c5ccc(C(c6ccc7c(c6)C(C)(C)c6ccccc6-7)c6cc7ccccc7c7ccccc67)cc5OC34)cc21. The molecule has 0 saturated heterocycles. The second-order valence-corrected chi connectivity index (χ2v) is 19.1. The third kappa shape index (κ3) is 4.91. The standard InChI is InChI=1S/C61H46O/c1-60(2)52-23-13-11-21-45(52)47-28-25-38(33-54(47)60)57(50-31-36-15-5-7-17-41(36)43-19-9-10-20-44(43)50)40-27-30-49-51-32-37-16-6-8-18-42(37)58(59(51)62-56(49)35-40)39-26-29-48-46-22-12-14-24-53(46)61(3,4)55(48)34-39/h5-35,51,57,59H,1-4H3. The summed E-state index contributed by atoms with van der Waals surface area (Å²) in [6.07, 6.45) is 2.32. The summed E-state index contributed by atoms with van der Waals surface area (Å²) in [6, 6.07) is 68.7. The normalized spacial score (nSPS) is 18.4. The monoisotopic (exact) mass is 794 g/mol. The van der Waals surface area contributed by atoms with E-state index < -0.39 is 0 Å². The maximum Gasteiger partial charge on any atom is 0.135 e. The molecule has 4 aliphatic rings. The minimum atomic E-state index is -0.140. The van der Waals surface area contributed by atoms with Crippen molar-refractivity contribution in [1.29, 1.82) is 0 Å². The molecule has 0 fully saturated rings. The lowest BCUT2D eigenvalue weighted by molar-refractivity contribution is 0.281. The lowest BCUT2D eigenvalue weighted by atomic mass is 9.77. The Bertz CT molecular complexity index is 3530. The summed E-state index contributed by atoms with van der Waals surface area (Å²) in [5.74, 6) is 1.05. The number of benzene rings is 9. The van der Waals surface area contributed by atoms with E-state index in [0.29, 0.717) is 0 Å². The van der Waals surface area contributed by atoms with Gasteiger partial charge in [0.2, 0.25) is 0 Å². The molecule has 1 nitrogen and oxygen atoms in total. The molecule has 0 radical (unpaired) electrons. The molecule has 3 atom stereocenters. The van der Waals surface area contributed by atoms with Crippen LogP contribution in [0.15, 0.2) is 182 Å². The van der Waals surface area contributed by atoms with Crippen LogP contribution in [0.3, 0.4) is 0 Å². The Morgan fingerprint density at radius 3 is 1.82 bits per heavy atom. The van der Waals surface area contributed by atoms with Gasteiger partial charge in [0.25, 0.3) is 0 Å². The van der Waals surface area contributed by atoms with Crippen LogP contribution in [-0.2, 0) is 10.8 Å². The van der Waals surface area contributed by atoms with Crippen molar-refractivity contribution in [3.63, 3.8) is 0 Å². The average Bonchev–Trinajstić information content (AvgIpc) is 3.87. The van der Waals surface area contributed by atoms with Crippen LogP contribution in [-0.4, -0.2) is 6.10 Å². The van der Waals surface area contributed by atoms with Gasteiger partial charge in [0.05, 0.1) is 0 Å². The number of rotatable bonds is 4. The Balaban J connectivity index is 0.983. The van der Waals surface area contributed by atoms with Crippen LogP contribution in [0.5, 0.6) is 5.75 Å². The summed E-state index contributed by atoms with van der Waals surface area (Å²) in [4.78, 5) is 0. The summed E-state index contributed by atoms with van der Waals surface area (Å²) in [6.45, 7) is 9.51. The van der Waals surface area contributed by atoms with E-state index in [-0.39, 0.29) is 28.8 Å². The zero-order valence-corrected chi connectivity index (χ0v) is 35.5. The molecule has 296 valence electrons. The van der Waals surface area contributed by atoms with Crippen molar-refractivity contribution in [3.05, 3.63) is 242 Å². The molecule has 0 N–H and O–H groups in total. The summed E-state index contributed by atoms with van der Waals surface area (Å²) < 4.78 is 7.37.